The summed E-state index contributed by atoms with van der Waals surface area (Å²) in [7, 11) is 0. The monoisotopic (exact) mass is 1060 g/mol. The molecule has 8 rings (SSSR count). The van der Waals surface area contributed by atoms with Crippen LogP contribution in [0.5, 0.6) is 5.75 Å². The van der Waals surface area contributed by atoms with Gasteiger partial charge < -0.3 is 59.1 Å². The molecule has 0 radical (unpaired) electrons. The molecule has 0 bridgehead atoms. The largest absolute Gasteiger partial charge is 0.491 e. The van der Waals surface area contributed by atoms with E-state index in [-0.39, 0.29) is 51.8 Å². The van der Waals surface area contributed by atoms with Gasteiger partial charge >= 0.3 is 0 Å². The molecule has 0 aliphatic carbocycles. The third-order valence-electron chi connectivity index (χ3n) is 13.3. The number of carbonyl (C=O) groups is 4. The van der Waals surface area contributed by atoms with Crippen molar-refractivity contribution in [1.82, 2.24) is 30.2 Å². The number of β-amino-alcohol motifs (C(OH)–C–C–N with tert-alkyl or cyclic N) is 1. The molecular formula is C57H67N7O11S. The minimum absolute atomic E-state index is 0.0256. The Hall–Kier alpha value is -7.00. The van der Waals surface area contributed by atoms with E-state index in [0.29, 0.717) is 56.7 Å². The first-order chi connectivity index (χ1) is 36.6. The maximum Gasteiger partial charge on any atom is 0.249 e. The number of nitrogens with one attached hydrogen (secondary N) is 2. The molecule has 4 heterocycles. The summed E-state index contributed by atoms with van der Waals surface area (Å²) in [5.74, 6) is -0.599. The predicted molar refractivity (Wildman–Crippen MR) is 289 cm³/mol. The summed E-state index contributed by atoms with van der Waals surface area (Å²) in [5, 5.41) is 22.0. The number of aromatic nitrogens is 3. The van der Waals surface area contributed by atoms with Crippen molar-refractivity contribution >= 4 is 56.8 Å². The smallest absolute Gasteiger partial charge is 0.249 e. The van der Waals surface area contributed by atoms with E-state index in [2.05, 4.69) is 43.5 Å². The number of carbonyl (C=O) groups excluding carboxylic acids is 4. The van der Waals surface area contributed by atoms with Crippen LogP contribution in [-0.2, 0) is 46.4 Å². The van der Waals surface area contributed by atoms with Gasteiger partial charge in [-0.25, -0.2) is 4.98 Å². The highest BCUT2D eigenvalue weighted by atomic mass is 32.1. The third kappa shape index (κ3) is 13.5. The lowest BCUT2D eigenvalue weighted by molar-refractivity contribution is -0.144. The molecule has 4 aromatic carbocycles. The van der Waals surface area contributed by atoms with Crippen molar-refractivity contribution in [3.05, 3.63) is 124 Å². The Labute approximate surface area is 445 Å². The zero-order chi connectivity index (χ0) is 53.9. The van der Waals surface area contributed by atoms with Crippen molar-refractivity contribution in [2.45, 2.75) is 79.2 Å². The third-order valence-corrected chi connectivity index (χ3v) is 14.2. The van der Waals surface area contributed by atoms with Gasteiger partial charge in [-0.05, 0) is 78.8 Å². The number of hydrogen-bond donors (Lipinski definition) is 4. The van der Waals surface area contributed by atoms with Crippen molar-refractivity contribution in [1.29, 1.82) is 0 Å². The number of aryl methyl sites for hydroxylation is 3. The molecule has 19 heteroatoms. The predicted octanol–water partition coefficient (Wildman–Crippen LogP) is 6.90. The minimum Gasteiger partial charge on any atom is -0.491 e. The second-order valence-electron chi connectivity index (χ2n) is 19.9. The van der Waals surface area contributed by atoms with E-state index < -0.39 is 41.3 Å². The zero-order valence-electron chi connectivity index (χ0n) is 43.9. The number of thiazole rings is 1. The number of hydrogen-bond acceptors (Lipinski definition) is 14. The van der Waals surface area contributed by atoms with E-state index in [9.17, 15) is 24.3 Å². The Kier molecular flexibility index (Phi) is 18.3. The maximum atomic E-state index is 14.0. The van der Waals surface area contributed by atoms with Gasteiger partial charge in [-0.1, -0.05) is 80.5 Å². The van der Waals surface area contributed by atoms with E-state index in [0.717, 1.165) is 65.9 Å². The van der Waals surface area contributed by atoms with Crippen LogP contribution in [-0.4, -0.2) is 133 Å². The van der Waals surface area contributed by atoms with E-state index in [1.807, 2.05) is 114 Å². The molecule has 1 saturated heterocycles. The first kappa shape index (κ1) is 55.2. The van der Waals surface area contributed by atoms with Crippen LogP contribution in [0, 0.1) is 26.2 Å². The fourth-order valence-corrected chi connectivity index (χ4v) is 10.3. The average molecular weight is 1060 g/mol. The van der Waals surface area contributed by atoms with E-state index in [1.54, 1.807) is 11.3 Å². The number of aliphatic hydroxyl groups excluding tert-OH is 1. The molecule has 1 fully saturated rings. The van der Waals surface area contributed by atoms with Crippen molar-refractivity contribution in [3.8, 4) is 27.3 Å². The minimum atomic E-state index is -0.978. The van der Waals surface area contributed by atoms with Gasteiger partial charge in [0.1, 0.15) is 36.8 Å². The maximum absolute atomic E-state index is 14.0. The highest BCUT2D eigenvalue weighted by Gasteiger charge is 2.44. The molecule has 3 aromatic heterocycles. The molecule has 3 atom stereocenters. The van der Waals surface area contributed by atoms with Gasteiger partial charge in [-0.15, -0.1) is 11.3 Å². The molecule has 0 spiro atoms. The lowest BCUT2D eigenvalue weighted by atomic mass is 9.85. The fraction of sp³-hybridized carbons (Fsp3) is 0.404. The van der Waals surface area contributed by atoms with E-state index in [4.69, 9.17) is 33.9 Å². The number of amides is 4. The molecule has 0 saturated carbocycles. The number of nitrogens with zero attached hydrogens (tertiary/aromatic N) is 4. The van der Waals surface area contributed by atoms with E-state index in [1.165, 1.54) is 4.90 Å². The quantitative estimate of drug-likeness (QED) is 0.0428. The molecule has 4 amide bonds. The Morgan fingerprint density at radius 1 is 0.816 bits per heavy atom. The first-order valence-electron chi connectivity index (χ1n) is 25.4. The van der Waals surface area contributed by atoms with Crippen molar-refractivity contribution < 1.29 is 52.5 Å². The topological polar surface area (TPSA) is 232 Å². The van der Waals surface area contributed by atoms with Crippen molar-refractivity contribution in [3.63, 3.8) is 0 Å². The highest BCUT2D eigenvalue weighted by Crippen LogP contribution is 2.39. The van der Waals surface area contributed by atoms with Gasteiger partial charge in [0.15, 0.2) is 0 Å². The number of likely N-dealkylation sites (tertiary alicyclic amines) is 1. The summed E-state index contributed by atoms with van der Waals surface area (Å²) in [5.41, 5.74) is 15.7. The summed E-state index contributed by atoms with van der Waals surface area (Å²) >= 11 is 1.57. The molecule has 1 aliphatic heterocycles. The molecule has 402 valence electrons. The summed E-state index contributed by atoms with van der Waals surface area (Å²) in [6.07, 6.45) is -0.793. The van der Waals surface area contributed by atoms with Gasteiger partial charge in [0.2, 0.25) is 23.6 Å². The van der Waals surface area contributed by atoms with Crippen LogP contribution in [0.4, 0.5) is 0 Å². The standard InChI is InChI=1S/C57H67N7O11S/c1-35-50(37(3)75-62-35)41-26-45(54(58)67)51-44-29-43(16-17-46(44)63(47(51)27-41)31-39-10-8-7-9-11-39)74-25-24-72-21-20-70-18-19-71-22-23-73-33-49(66)61-53(57(4,5)6)56(69)64-32-42(65)28-48(64)55(68)59-30-38-12-14-40(15-13-38)52-36(2)60-34-76-52/h7-17,26-27,29,34,42,48,53,65H,18-25,28,30-33H2,1-6H3,(H2,58,67)(H,59,68)(H,61,66)/t42-,48+,53-/m1/s1. The van der Waals surface area contributed by atoms with Crippen molar-refractivity contribution in [2.75, 3.05) is 66.0 Å². The normalized spacial score (nSPS) is 15.1. The lowest BCUT2D eigenvalue weighted by Crippen LogP contribution is -2.58. The molecule has 0 unspecified atom stereocenters. The number of primary amides is 1. The number of nitrogens with two attached hydrogens (primary N) is 1. The summed E-state index contributed by atoms with van der Waals surface area (Å²) < 4.78 is 36.3. The zero-order valence-corrected chi connectivity index (χ0v) is 44.7. The Morgan fingerprint density at radius 2 is 1.50 bits per heavy atom. The van der Waals surface area contributed by atoms with Gasteiger partial charge in [0.05, 0.1) is 79.6 Å². The molecule has 7 aromatic rings. The Bertz CT molecular complexity index is 3110. The van der Waals surface area contributed by atoms with Gasteiger partial charge in [0, 0.05) is 53.5 Å². The summed E-state index contributed by atoms with van der Waals surface area (Å²) in [4.78, 5) is 60.3. The van der Waals surface area contributed by atoms with Gasteiger partial charge in [-0.2, -0.15) is 0 Å². The molecule has 1 aliphatic rings. The number of ether oxygens (including phenoxy) is 5. The molecule has 76 heavy (non-hydrogen) atoms. The van der Waals surface area contributed by atoms with E-state index >= 15 is 0 Å². The fourth-order valence-electron chi connectivity index (χ4n) is 9.49. The summed E-state index contributed by atoms with van der Waals surface area (Å²) in [6, 6.07) is 25.8. The first-order valence-corrected chi connectivity index (χ1v) is 26.3. The van der Waals surface area contributed by atoms with Gasteiger partial charge in [-0.3, -0.25) is 19.2 Å². The van der Waals surface area contributed by atoms with Crippen molar-refractivity contribution in [2.24, 2.45) is 11.1 Å². The Balaban J connectivity index is 0.725. The van der Waals surface area contributed by atoms with Crippen LogP contribution in [0.25, 0.3) is 43.4 Å². The average Bonchev–Trinajstić information content (AvgIpc) is 4.22. The van der Waals surface area contributed by atoms with Crippen LogP contribution >= 0.6 is 11.3 Å². The summed E-state index contributed by atoms with van der Waals surface area (Å²) in [6.45, 7) is 13.9. The second kappa shape index (κ2) is 25.2. The molecule has 18 nitrogen and oxygen atoms in total. The van der Waals surface area contributed by atoms with Crippen LogP contribution < -0.4 is 21.1 Å². The second-order valence-corrected chi connectivity index (χ2v) is 20.8. The van der Waals surface area contributed by atoms with Crippen LogP contribution in [0.2, 0.25) is 0 Å². The van der Waals surface area contributed by atoms with Crippen LogP contribution in [0.3, 0.4) is 0 Å². The van der Waals surface area contributed by atoms with Gasteiger partial charge in [0.25, 0.3) is 0 Å². The number of rotatable bonds is 25. The SMILES string of the molecule is Cc1ncsc1-c1ccc(CNC(=O)[C@@H]2C[C@@H](O)CN2C(=O)[C@@H](NC(=O)COCCOCCOCCOCCOc2ccc3c(c2)c2c(C(N)=O)cc(-c4c(C)noc4C)cc2n3Cc2ccccc2)C(C)(C)C)cc1. The highest BCUT2D eigenvalue weighted by molar-refractivity contribution is 7.13. The van der Waals surface area contributed by atoms with Crippen LogP contribution in [0.1, 0.15) is 65.8 Å². The molecular weight excluding hydrogens is 991 g/mol. The Morgan fingerprint density at radius 3 is 2.13 bits per heavy atom. The molecule has 5 N–H and O–H groups in total. The number of benzene rings is 4. The number of aliphatic hydroxyl groups is 1. The lowest BCUT2D eigenvalue weighted by Gasteiger charge is -2.35. The van der Waals surface area contributed by atoms with Crippen LogP contribution in [0.15, 0.2) is 95.0 Å². The number of fused-ring (bicyclic) bond motifs is 3.